The molecular weight excluding hydrogens is 260 g/mol. The fraction of sp³-hybridized carbons (Fsp3) is 0.158. The highest BCUT2D eigenvalue weighted by molar-refractivity contribution is 6.01. The molecule has 0 saturated heterocycles. The Morgan fingerprint density at radius 3 is 2.33 bits per heavy atom. The Balaban J connectivity index is 2.36. The largest absolute Gasteiger partial charge is 0.497 e. The van der Waals surface area contributed by atoms with Crippen molar-refractivity contribution >= 4 is 10.8 Å². The van der Waals surface area contributed by atoms with E-state index in [-0.39, 0.29) is 0 Å². The van der Waals surface area contributed by atoms with Gasteiger partial charge in [-0.15, -0.1) is 0 Å². The molecule has 0 spiro atoms. The summed E-state index contributed by atoms with van der Waals surface area (Å²) in [6.45, 7) is 2.12. The number of benzene rings is 3. The van der Waals surface area contributed by atoms with Crippen LogP contribution in [0, 0.1) is 6.92 Å². The summed E-state index contributed by atoms with van der Waals surface area (Å²) in [4.78, 5) is 0. The van der Waals surface area contributed by atoms with Crippen molar-refractivity contribution in [3.63, 3.8) is 0 Å². The van der Waals surface area contributed by atoms with Crippen LogP contribution in [0.25, 0.3) is 21.9 Å². The highest BCUT2D eigenvalue weighted by atomic mass is 16.5. The fourth-order valence-corrected chi connectivity index (χ4v) is 2.72. The smallest absolute Gasteiger partial charge is 0.127 e. The van der Waals surface area contributed by atoms with Gasteiger partial charge in [0.05, 0.1) is 14.2 Å². The van der Waals surface area contributed by atoms with Crippen LogP contribution in [0.4, 0.5) is 0 Å². The maximum absolute atomic E-state index is 5.59. The van der Waals surface area contributed by atoms with E-state index in [1.807, 2.05) is 12.1 Å². The zero-order valence-electron chi connectivity index (χ0n) is 12.5. The minimum atomic E-state index is 0.864. The Kier molecular flexibility index (Phi) is 3.53. The molecule has 0 aromatic heterocycles. The van der Waals surface area contributed by atoms with Gasteiger partial charge in [0, 0.05) is 5.56 Å². The second-order valence-corrected chi connectivity index (χ2v) is 5.04. The maximum atomic E-state index is 5.59. The molecule has 0 fully saturated rings. The molecule has 2 heteroatoms. The monoisotopic (exact) mass is 278 g/mol. The van der Waals surface area contributed by atoms with Gasteiger partial charge in [-0.3, -0.25) is 0 Å². The van der Waals surface area contributed by atoms with E-state index >= 15 is 0 Å². The molecule has 0 aliphatic heterocycles. The summed E-state index contributed by atoms with van der Waals surface area (Å²) in [5, 5.41) is 2.32. The lowest BCUT2D eigenvalue weighted by Gasteiger charge is -2.15. The number of methoxy groups -OCH3 is 2. The average molecular weight is 278 g/mol. The molecule has 0 saturated carbocycles. The SMILES string of the molecule is COc1ccc2c(-c3ccccc3C)c(OC)ccc2c1. The molecule has 0 amide bonds. The molecule has 3 rings (SSSR count). The molecule has 3 aromatic rings. The minimum Gasteiger partial charge on any atom is -0.497 e. The van der Waals surface area contributed by atoms with Crippen molar-refractivity contribution in [1.29, 1.82) is 0 Å². The van der Waals surface area contributed by atoms with E-state index < -0.39 is 0 Å². The van der Waals surface area contributed by atoms with Crippen molar-refractivity contribution in [3.05, 3.63) is 60.2 Å². The lowest BCUT2D eigenvalue weighted by Crippen LogP contribution is -1.92. The van der Waals surface area contributed by atoms with Crippen molar-refractivity contribution in [2.45, 2.75) is 6.92 Å². The molecule has 0 unspecified atom stereocenters. The normalized spacial score (nSPS) is 10.6. The van der Waals surface area contributed by atoms with Gasteiger partial charge in [0.25, 0.3) is 0 Å². The number of hydrogen-bond donors (Lipinski definition) is 0. The van der Waals surface area contributed by atoms with Gasteiger partial charge in [-0.2, -0.15) is 0 Å². The molecule has 3 aromatic carbocycles. The summed E-state index contributed by atoms with van der Waals surface area (Å²) in [6, 6.07) is 18.6. The van der Waals surface area contributed by atoms with Crippen molar-refractivity contribution in [1.82, 2.24) is 0 Å². The molecule has 2 nitrogen and oxygen atoms in total. The average Bonchev–Trinajstić information content (AvgIpc) is 2.54. The van der Waals surface area contributed by atoms with Gasteiger partial charge < -0.3 is 9.47 Å². The van der Waals surface area contributed by atoms with Crippen molar-refractivity contribution < 1.29 is 9.47 Å². The van der Waals surface area contributed by atoms with Crippen LogP contribution in [-0.2, 0) is 0 Å². The number of hydrogen-bond acceptors (Lipinski definition) is 2. The Morgan fingerprint density at radius 1 is 0.810 bits per heavy atom. The molecule has 0 aliphatic rings. The fourth-order valence-electron chi connectivity index (χ4n) is 2.72. The van der Waals surface area contributed by atoms with Crippen molar-refractivity contribution in [2.75, 3.05) is 14.2 Å². The predicted octanol–water partition coefficient (Wildman–Crippen LogP) is 4.83. The third-order valence-electron chi connectivity index (χ3n) is 3.82. The van der Waals surface area contributed by atoms with Crippen LogP contribution in [0.5, 0.6) is 11.5 Å². The van der Waals surface area contributed by atoms with E-state index in [2.05, 4.69) is 49.4 Å². The van der Waals surface area contributed by atoms with Crippen LogP contribution in [0.3, 0.4) is 0 Å². The van der Waals surface area contributed by atoms with Crippen LogP contribution in [0.1, 0.15) is 5.56 Å². The highest BCUT2D eigenvalue weighted by Crippen LogP contribution is 2.39. The maximum Gasteiger partial charge on any atom is 0.127 e. The molecule has 0 radical (unpaired) electrons. The van der Waals surface area contributed by atoms with Crippen LogP contribution in [0.2, 0.25) is 0 Å². The molecule has 0 aliphatic carbocycles. The predicted molar refractivity (Wildman–Crippen MR) is 87.2 cm³/mol. The first-order valence-corrected chi connectivity index (χ1v) is 6.95. The van der Waals surface area contributed by atoms with E-state index in [1.54, 1.807) is 14.2 Å². The molecule has 0 atom stereocenters. The molecule has 0 bridgehead atoms. The van der Waals surface area contributed by atoms with Gasteiger partial charge in [-0.1, -0.05) is 30.3 Å². The van der Waals surface area contributed by atoms with Gasteiger partial charge in [0.15, 0.2) is 0 Å². The number of fused-ring (bicyclic) bond motifs is 1. The Hall–Kier alpha value is -2.48. The lowest BCUT2D eigenvalue weighted by molar-refractivity contribution is 0.415. The molecular formula is C19H18O2. The molecule has 0 heterocycles. The second-order valence-electron chi connectivity index (χ2n) is 5.04. The van der Waals surface area contributed by atoms with E-state index in [0.717, 1.165) is 22.4 Å². The summed E-state index contributed by atoms with van der Waals surface area (Å²) in [5.74, 6) is 1.75. The van der Waals surface area contributed by atoms with Crippen LogP contribution < -0.4 is 9.47 Å². The van der Waals surface area contributed by atoms with Gasteiger partial charge >= 0.3 is 0 Å². The van der Waals surface area contributed by atoms with E-state index in [0.29, 0.717) is 0 Å². The van der Waals surface area contributed by atoms with Crippen LogP contribution in [-0.4, -0.2) is 14.2 Å². The van der Waals surface area contributed by atoms with Gasteiger partial charge in [-0.05, 0) is 53.1 Å². The summed E-state index contributed by atoms with van der Waals surface area (Å²) in [6.07, 6.45) is 0. The van der Waals surface area contributed by atoms with E-state index in [9.17, 15) is 0 Å². The molecule has 0 N–H and O–H groups in total. The standard InChI is InChI=1S/C19H18O2/c1-13-6-4-5-7-16(13)19-17-10-9-15(20-2)12-14(17)8-11-18(19)21-3/h4-12H,1-3H3. The zero-order valence-corrected chi connectivity index (χ0v) is 12.5. The molecule has 106 valence electrons. The molecule has 21 heavy (non-hydrogen) atoms. The number of rotatable bonds is 3. The lowest BCUT2D eigenvalue weighted by atomic mass is 9.94. The van der Waals surface area contributed by atoms with E-state index in [4.69, 9.17) is 9.47 Å². The first-order chi connectivity index (χ1) is 10.2. The van der Waals surface area contributed by atoms with Crippen molar-refractivity contribution in [3.8, 4) is 22.6 Å². The third-order valence-corrected chi connectivity index (χ3v) is 3.82. The Labute approximate surface area is 124 Å². The van der Waals surface area contributed by atoms with Crippen LogP contribution in [0.15, 0.2) is 54.6 Å². The third kappa shape index (κ3) is 2.33. The first-order valence-electron chi connectivity index (χ1n) is 6.95. The first kappa shape index (κ1) is 13.5. The van der Waals surface area contributed by atoms with Crippen molar-refractivity contribution in [2.24, 2.45) is 0 Å². The van der Waals surface area contributed by atoms with Crippen LogP contribution >= 0.6 is 0 Å². The quantitative estimate of drug-likeness (QED) is 0.683. The summed E-state index contributed by atoms with van der Waals surface area (Å²) in [7, 11) is 3.40. The Morgan fingerprint density at radius 2 is 1.62 bits per heavy atom. The summed E-state index contributed by atoms with van der Waals surface area (Å²) < 4.78 is 10.9. The second kappa shape index (κ2) is 5.49. The van der Waals surface area contributed by atoms with Gasteiger partial charge in [0.2, 0.25) is 0 Å². The minimum absolute atomic E-state index is 0.864. The number of ether oxygens (including phenoxy) is 2. The highest BCUT2D eigenvalue weighted by Gasteiger charge is 2.12. The topological polar surface area (TPSA) is 18.5 Å². The van der Waals surface area contributed by atoms with Gasteiger partial charge in [-0.25, -0.2) is 0 Å². The Bertz CT molecular complexity index is 791. The van der Waals surface area contributed by atoms with E-state index in [1.165, 1.54) is 16.5 Å². The zero-order chi connectivity index (χ0) is 14.8. The number of aryl methyl sites for hydroxylation is 1. The summed E-state index contributed by atoms with van der Waals surface area (Å²) >= 11 is 0. The van der Waals surface area contributed by atoms with Gasteiger partial charge in [0.1, 0.15) is 11.5 Å². The summed E-state index contributed by atoms with van der Waals surface area (Å²) in [5.41, 5.74) is 3.57.